The van der Waals surface area contributed by atoms with Crippen LogP contribution in [0.25, 0.3) is 0 Å². The Bertz CT molecular complexity index is 448. The first-order valence-corrected chi connectivity index (χ1v) is 9.95. The van der Waals surface area contributed by atoms with Crippen LogP contribution in [-0.4, -0.2) is 53.9 Å². The lowest BCUT2D eigenvalue weighted by molar-refractivity contribution is 0.0693. The standard InChI is InChI=1S/C15H28N2O3S/c18-15-9-6-7-13(15)14-8-2-5-12-17(14)21(19,20)16-10-3-1-4-11-16/h13-15,18H,1-12H2. The van der Waals surface area contributed by atoms with Gasteiger partial charge in [0.1, 0.15) is 0 Å². The van der Waals surface area contributed by atoms with Gasteiger partial charge in [0.15, 0.2) is 0 Å². The maximum Gasteiger partial charge on any atom is 0.282 e. The van der Waals surface area contributed by atoms with Gasteiger partial charge in [0.2, 0.25) is 0 Å². The Morgan fingerprint density at radius 3 is 2.19 bits per heavy atom. The van der Waals surface area contributed by atoms with E-state index in [9.17, 15) is 13.5 Å². The Morgan fingerprint density at radius 2 is 1.52 bits per heavy atom. The van der Waals surface area contributed by atoms with Crippen molar-refractivity contribution in [1.82, 2.24) is 8.61 Å². The predicted molar refractivity (Wildman–Crippen MR) is 82.0 cm³/mol. The second-order valence-corrected chi connectivity index (χ2v) is 8.68. The number of aliphatic hydroxyl groups is 1. The van der Waals surface area contributed by atoms with Crippen LogP contribution in [0.4, 0.5) is 0 Å². The lowest BCUT2D eigenvalue weighted by atomic mass is 9.89. The normalized spacial score (nSPS) is 36.9. The van der Waals surface area contributed by atoms with E-state index in [-0.39, 0.29) is 18.1 Å². The van der Waals surface area contributed by atoms with Gasteiger partial charge in [-0.3, -0.25) is 0 Å². The molecule has 0 amide bonds. The molecule has 0 aromatic rings. The van der Waals surface area contributed by atoms with E-state index in [1.54, 1.807) is 8.61 Å². The number of aliphatic hydroxyl groups excluding tert-OH is 1. The topological polar surface area (TPSA) is 60.9 Å². The Morgan fingerprint density at radius 1 is 0.810 bits per heavy atom. The summed E-state index contributed by atoms with van der Waals surface area (Å²) in [5, 5.41) is 10.2. The molecule has 2 saturated heterocycles. The smallest absolute Gasteiger partial charge is 0.282 e. The molecule has 1 saturated carbocycles. The number of hydrogen-bond donors (Lipinski definition) is 1. The molecule has 3 unspecified atom stereocenters. The van der Waals surface area contributed by atoms with E-state index in [4.69, 9.17) is 0 Å². The molecule has 21 heavy (non-hydrogen) atoms. The van der Waals surface area contributed by atoms with Crippen LogP contribution in [-0.2, 0) is 10.2 Å². The van der Waals surface area contributed by atoms with Crippen molar-refractivity contribution < 1.29 is 13.5 Å². The van der Waals surface area contributed by atoms with Gasteiger partial charge < -0.3 is 5.11 Å². The predicted octanol–water partition coefficient (Wildman–Crippen LogP) is 1.73. The van der Waals surface area contributed by atoms with Gasteiger partial charge in [0.05, 0.1) is 6.10 Å². The van der Waals surface area contributed by atoms with Gasteiger partial charge in [0, 0.05) is 31.6 Å². The van der Waals surface area contributed by atoms with Crippen molar-refractivity contribution in [2.45, 2.75) is 69.9 Å². The zero-order valence-corrected chi connectivity index (χ0v) is 13.6. The van der Waals surface area contributed by atoms with E-state index >= 15 is 0 Å². The van der Waals surface area contributed by atoms with Crippen LogP contribution in [0, 0.1) is 5.92 Å². The van der Waals surface area contributed by atoms with Crippen molar-refractivity contribution >= 4 is 10.2 Å². The van der Waals surface area contributed by atoms with E-state index < -0.39 is 10.2 Å². The Kier molecular flexibility index (Phi) is 4.88. The molecular weight excluding hydrogens is 288 g/mol. The molecular formula is C15H28N2O3S. The Labute approximate surface area is 128 Å². The van der Waals surface area contributed by atoms with Crippen LogP contribution in [0.2, 0.25) is 0 Å². The van der Waals surface area contributed by atoms with Crippen molar-refractivity contribution in [2.75, 3.05) is 19.6 Å². The van der Waals surface area contributed by atoms with E-state index in [1.165, 1.54) is 0 Å². The molecule has 0 aromatic carbocycles. The minimum Gasteiger partial charge on any atom is -0.393 e. The highest BCUT2D eigenvalue weighted by molar-refractivity contribution is 7.86. The third-order valence-corrected chi connectivity index (χ3v) is 7.53. The van der Waals surface area contributed by atoms with Crippen LogP contribution in [0.1, 0.15) is 57.8 Å². The third-order valence-electron chi connectivity index (χ3n) is 5.46. The minimum absolute atomic E-state index is 0.0168. The van der Waals surface area contributed by atoms with Crippen molar-refractivity contribution in [3.05, 3.63) is 0 Å². The first-order valence-electron chi connectivity index (χ1n) is 8.55. The average Bonchev–Trinajstić information content (AvgIpc) is 2.94. The van der Waals surface area contributed by atoms with E-state index in [2.05, 4.69) is 0 Å². The molecule has 0 bridgehead atoms. The summed E-state index contributed by atoms with van der Waals surface area (Å²) in [6.45, 7) is 1.96. The van der Waals surface area contributed by atoms with E-state index in [1.807, 2.05) is 0 Å². The van der Waals surface area contributed by atoms with Gasteiger partial charge in [0.25, 0.3) is 10.2 Å². The number of hydrogen-bond acceptors (Lipinski definition) is 3. The van der Waals surface area contributed by atoms with Gasteiger partial charge in [-0.05, 0) is 38.5 Å². The summed E-state index contributed by atoms with van der Waals surface area (Å²) in [6, 6.07) is 0.0168. The van der Waals surface area contributed by atoms with Gasteiger partial charge in [-0.15, -0.1) is 0 Å². The molecule has 6 heteroatoms. The fourth-order valence-electron chi connectivity index (χ4n) is 4.31. The molecule has 0 spiro atoms. The fourth-order valence-corrected chi connectivity index (χ4v) is 6.29. The van der Waals surface area contributed by atoms with Gasteiger partial charge in [-0.1, -0.05) is 19.3 Å². The molecule has 3 rings (SSSR count). The number of piperidine rings is 2. The highest BCUT2D eigenvalue weighted by Gasteiger charge is 2.43. The average molecular weight is 316 g/mol. The fraction of sp³-hybridized carbons (Fsp3) is 1.00. The van der Waals surface area contributed by atoms with Crippen LogP contribution < -0.4 is 0 Å². The molecule has 2 heterocycles. The second kappa shape index (κ2) is 6.52. The first kappa shape index (κ1) is 15.7. The zero-order valence-electron chi connectivity index (χ0n) is 12.8. The highest BCUT2D eigenvalue weighted by atomic mass is 32.2. The summed E-state index contributed by atoms with van der Waals surface area (Å²) >= 11 is 0. The van der Waals surface area contributed by atoms with Crippen LogP contribution in [0.15, 0.2) is 0 Å². The quantitative estimate of drug-likeness (QED) is 0.862. The summed E-state index contributed by atoms with van der Waals surface area (Å²) < 4.78 is 29.4. The SMILES string of the molecule is O=S(=O)(N1CCCCC1)N1CCCCC1C1CCCC1O. The van der Waals surface area contributed by atoms with Crippen LogP contribution in [0.3, 0.4) is 0 Å². The summed E-state index contributed by atoms with van der Waals surface area (Å²) in [5.74, 6) is 0.143. The lowest BCUT2D eigenvalue weighted by Gasteiger charge is -2.42. The van der Waals surface area contributed by atoms with Crippen molar-refractivity contribution in [3.63, 3.8) is 0 Å². The maximum atomic E-state index is 13.0. The molecule has 5 nitrogen and oxygen atoms in total. The zero-order chi connectivity index (χ0) is 14.9. The minimum atomic E-state index is -3.34. The summed E-state index contributed by atoms with van der Waals surface area (Å²) in [4.78, 5) is 0. The molecule has 3 atom stereocenters. The van der Waals surface area contributed by atoms with E-state index in [0.717, 1.165) is 57.8 Å². The molecule has 3 fully saturated rings. The van der Waals surface area contributed by atoms with Crippen LogP contribution in [0.5, 0.6) is 0 Å². The third kappa shape index (κ3) is 3.14. The summed E-state index contributed by atoms with van der Waals surface area (Å²) in [5.41, 5.74) is 0. The van der Waals surface area contributed by atoms with Gasteiger partial charge >= 0.3 is 0 Å². The van der Waals surface area contributed by atoms with Gasteiger partial charge in [-0.2, -0.15) is 17.0 Å². The van der Waals surface area contributed by atoms with Crippen LogP contribution >= 0.6 is 0 Å². The highest BCUT2D eigenvalue weighted by Crippen LogP contribution is 2.37. The molecule has 1 aliphatic carbocycles. The lowest BCUT2D eigenvalue weighted by Crippen LogP contribution is -2.54. The Balaban J connectivity index is 1.79. The molecule has 122 valence electrons. The van der Waals surface area contributed by atoms with E-state index in [0.29, 0.717) is 19.6 Å². The summed E-state index contributed by atoms with van der Waals surface area (Å²) in [6.07, 6.45) is 8.55. The molecule has 0 aromatic heterocycles. The monoisotopic (exact) mass is 316 g/mol. The molecule has 1 N–H and O–H groups in total. The summed E-state index contributed by atoms with van der Waals surface area (Å²) in [7, 11) is -3.34. The first-order chi connectivity index (χ1) is 10.1. The molecule has 2 aliphatic heterocycles. The maximum absolute atomic E-state index is 13.0. The van der Waals surface area contributed by atoms with Crippen molar-refractivity contribution in [2.24, 2.45) is 5.92 Å². The number of rotatable bonds is 3. The van der Waals surface area contributed by atoms with Gasteiger partial charge in [-0.25, -0.2) is 0 Å². The molecule has 3 aliphatic rings. The van der Waals surface area contributed by atoms with Crippen molar-refractivity contribution in [1.29, 1.82) is 0 Å². The molecule has 0 radical (unpaired) electrons. The largest absolute Gasteiger partial charge is 0.393 e. The second-order valence-electron chi connectivity index (χ2n) is 6.80. The Hall–Kier alpha value is -0.170. The van der Waals surface area contributed by atoms with Crippen molar-refractivity contribution in [3.8, 4) is 0 Å². The number of nitrogens with zero attached hydrogens (tertiary/aromatic N) is 2.